The smallest absolute Gasteiger partial charge is 0.253 e. The molecule has 7 heteroatoms. The average molecular weight is 394 g/mol. The molecule has 0 aliphatic carbocycles. The second-order valence-electron chi connectivity index (χ2n) is 7.80. The first-order valence-corrected chi connectivity index (χ1v) is 11.4. The van der Waals surface area contributed by atoms with E-state index in [1.807, 2.05) is 18.9 Å². The molecular formula is C20H31N3O3S. The van der Waals surface area contributed by atoms with Crippen LogP contribution in [0.25, 0.3) is 0 Å². The second-order valence-corrected chi connectivity index (χ2v) is 9.69. The van der Waals surface area contributed by atoms with Gasteiger partial charge in [-0.1, -0.05) is 6.42 Å². The van der Waals surface area contributed by atoms with Crippen LogP contribution < -0.4 is 5.32 Å². The van der Waals surface area contributed by atoms with Gasteiger partial charge in [-0.05, 0) is 76.4 Å². The molecule has 2 unspecified atom stereocenters. The quantitative estimate of drug-likeness (QED) is 0.834. The van der Waals surface area contributed by atoms with E-state index in [0.717, 1.165) is 51.7 Å². The first-order valence-electron chi connectivity index (χ1n) is 9.99. The topological polar surface area (TPSA) is 69.7 Å². The Kier molecular flexibility index (Phi) is 6.55. The monoisotopic (exact) mass is 393 g/mol. The highest BCUT2D eigenvalue weighted by atomic mass is 32.2. The van der Waals surface area contributed by atoms with Crippen molar-refractivity contribution in [1.82, 2.24) is 14.5 Å². The molecule has 150 valence electrons. The van der Waals surface area contributed by atoms with Crippen molar-refractivity contribution >= 4 is 15.9 Å². The number of piperidine rings is 2. The zero-order valence-corrected chi connectivity index (χ0v) is 17.2. The van der Waals surface area contributed by atoms with Crippen molar-refractivity contribution in [1.29, 1.82) is 0 Å². The van der Waals surface area contributed by atoms with Crippen LogP contribution in [-0.2, 0) is 10.0 Å². The average Bonchev–Trinajstić information content (AvgIpc) is 2.68. The van der Waals surface area contributed by atoms with E-state index >= 15 is 0 Å². The predicted octanol–water partition coefficient (Wildman–Crippen LogP) is 2.32. The minimum Gasteiger partial charge on any atom is -0.338 e. The molecular weight excluding hydrogens is 362 g/mol. The number of carbonyl (C=O) groups excluding carboxylic acids is 1. The summed E-state index contributed by atoms with van der Waals surface area (Å²) in [6, 6.07) is 6.51. The fraction of sp³-hybridized carbons (Fsp3) is 0.650. The van der Waals surface area contributed by atoms with E-state index in [1.165, 1.54) is 0 Å². The van der Waals surface area contributed by atoms with Crippen molar-refractivity contribution in [2.24, 2.45) is 5.92 Å². The molecule has 2 fully saturated rings. The largest absolute Gasteiger partial charge is 0.338 e. The van der Waals surface area contributed by atoms with E-state index in [-0.39, 0.29) is 16.8 Å². The first kappa shape index (κ1) is 20.3. The van der Waals surface area contributed by atoms with E-state index in [4.69, 9.17) is 0 Å². The lowest BCUT2D eigenvalue weighted by Gasteiger charge is -2.33. The summed E-state index contributed by atoms with van der Waals surface area (Å²) >= 11 is 0. The van der Waals surface area contributed by atoms with Crippen LogP contribution in [0.3, 0.4) is 0 Å². The van der Waals surface area contributed by atoms with E-state index in [1.54, 1.807) is 28.6 Å². The lowest BCUT2D eigenvalue weighted by molar-refractivity contribution is 0.0674. The van der Waals surface area contributed by atoms with Gasteiger partial charge >= 0.3 is 0 Å². The van der Waals surface area contributed by atoms with Crippen LogP contribution in [0.2, 0.25) is 0 Å². The Morgan fingerprint density at radius 3 is 2.52 bits per heavy atom. The molecule has 3 rings (SSSR count). The Morgan fingerprint density at radius 2 is 1.85 bits per heavy atom. The molecule has 2 aliphatic rings. The van der Waals surface area contributed by atoms with E-state index in [0.29, 0.717) is 18.0 Å². The number of nitrogens with zero attached hydrogens (tertiary/aromatic N) is 2. The normalized spacial score (nSPS) is 24.7. The number of likely N-dealkylation sites (tertiary alicyclic amines) is 1. The molecule has 0 bridgehead atoms. The molecule has 27 heavy (non-hydrogen) atoms. The van der Waals surface area contributed by atoms with Crippen LogP contribution in [-0.4, -0.2) is 62.8 Å². The first-order chi connectivity index (χ1) is 12.9. The molecule has 0 aromatic heterocycles. The van der Waals surface area contributed by atoms with E-state index < -0.39 is 10.0 Å². The van der Waals surface area contributed by atoms with Gasteiger partial charge < -0.3 is 10.2 Å². The summed E-state index contributed by atoms with van der Waals surface area (Å²) in [4.78, 5) is 15.0. The Morgan fingerprint density at radius 1 is 1.11 bits per heavy atom. The van der Waals surface area contributed by atoms with Gasteiger partial charge in [-0.2, -0.15) is 4.31 Å². The van der Waals surface area contributed by atoms with Gasteiger partial charge in [-0.15, -0.1) is 0 Å². The zero-order chi connectivity index (χ0) is 19.4. The highest BCUT2D eigenvalue weighted by Gasteiger charge is 2.31. The molecule has 2 heterocycles. The third-order valence-corrected chi connectivity index (χ3v) is 7.78. The molecule has 1 aromatic rings. The van der Waals surface area contributed by atoms with Crippen LogP contribution >= 0.6 is 0 Å². The van der Waals surface area contributed by atoms with Gasteiger partial charge in [0, 0.05) is 31.2 Å². The van der Waals surface area contributed by atoms with Gasteiger partial charge in [0.05, 0.1) is 4.90 Å². The number of rotatable bonds is 5. The van der Waals surface area contributed by atoms with E-state index in [2.05, 4.69) is 5.32 Å². The van der Waals surface area contributed by atoms with Gasteiger partial charge in [-0.25, -0.2) is 8.42 Å². The van der Waals surface area contributed by atoms with Crippen molar-refractivity contribution in [2.75, 3.05) is 33.2 Å². The highest BCUT2D eigenvalue weighted by molar-refractivity contribution is 7.89. The van der Waals surface area contributed by atoms with Crippen LogP contribution in [0.5, 0.6) is 0 Å². The summed E-state index contributed by atoms with van der Waals surface area (Å²) in [5, 5.41) is 3.19. The molecule has 2 atom stereocenters. The van der Waals surface area contributed by atoms with Gasteiger partial charge in [0.15, 0.2) is 0 Å². The Labute approximate surface area is 163 Å². The maximum absolute atomic E-state index is 12.9. The van der Waals surface area contributed by atoms with Gasteiger partial charge in [-0.3, -0.25) is 4.79 Å². The van der Waals surface area contributed by atoms with Crippen molar-refractivity contribution in [3.63, 3.8) is 0 Å². The summed E-state index contributed by atoms with van der Waals surface area (Å²) in [6.07, 6.45) is 5.03. The summed E-state index contributed by atoms with van der Waals surface area (Å²) < 4.78 is 27.4. The lowest BCUT2D eigenvalue weighted by atomic mass is 9.97. The fourth-order valence-electron chi connectivity index (χ4n) is 4.22. The molecule has 0 saturated carbocycles. The molecule has 2 aliphatic heterocycles. The molecule has 0 spiro atoms. The standard InChI is InChI=1S/C20H31N3O3S/c1-16-6-3-4-13-23(16)27(25,26)19-10-8-18(9-11-19)20(24)22-12-5-7-17(15-22)14-21-2/h8-11,16-17,21H,3-7,12-15H2,1-2H3. The zero-order valence-electron chi connectivity index (χ0n) is 16.4. The summed E-state index contributed by atoms with van der Waals surface area (Å²) in [5.74, 6) is 0.471. The molecule has 6 nitrogen and oxygen atoms in total. The Balaban J connectivity index is 1.72. The van der Waals surface area contributed by atoms with Crippen molar-refractivity contribution in [3.8, 4) is 0 Å². The summed E-state index contributed by atoms with van der Waals surface area (Å²) in [7, 11) is -1.56. The minimum atomic E-state index is -3.49. The van der Waals surface area contributed by atoms with E-state index in [9.17, 15) is 13.2 Å². The third kappa shape index (κ3) is 4.52. The molecule has 1 aromatic carbocycles. The maximum Gasteiger partial charge on any atom is 0.253 e. The fourth-order valence-corrected chi connectivity index (χ4v) is 5.92. The number of hydrogen-bond donors (Lipinski definition) is 1. The van der Waals surface area contributed by atoms with Gasteiger partial charge in [0.25, 0.3) is 5.91 Å². The number of benzene rings is 1. The van der Waals surface area contributed by atoms with Crippen LogP contribution in [0.15, 0.2) is 29.2 Å². The number of hydrogen-bond acceptors (Lipinski definition) is 4. The highest BCUT2D eigenvalue weighted by Crippen LogP contribution is 2.26. The molecule has 0 radical (unpaired) electrons. The SMILES string of the molecule is CNCC1CCCN(C(=O)c2ccc(S(=O)(=O)N3CCCCC3C)cc2)C1. The van der Waals surface area contributed by atoms with Gasteiger partial charge in [0.2, 0.25) is 10.0 Å². The summed E-state index contributed by atoms with van der Waals surface area (Å²) in [5.41, 5.74) is 0.561. The molecule has 2 saturated heterocycles. The predicted molar refractivity (Wildman–Crippen MR) is 106 cm³/mol. The molecule has 1 amide bonds. The Hall–Kier alpha value is -1.44. The minimum absolute atomic E-state index is 0.00825. The van der Waals surface area contributed by atoms with Gasteiger partial charge in [0.1, 0.15) is 0 Å². The third-order valence-electron chi connectivity index (χ3n) is 5.75. The lowest BCUT2D eigenvalue weighted by Crippen LogP contribution is -2.42. The summed E-state index contributed by atoms with van der Waals surface area (Å²) in [6.45, 7) is 4.97. The van der Waals surface area contributed by atoms with Crippen LogP contribution in [0.4, 0.5) is 0 Å². The maximum atomic E-state index is 12.9. The number of sulfonamides is 1. The van der Waals surface area contributed by atoms with Crippen molar-refractivity contribution < 1.29 is 13.2 Å². The van der Waals surface area contributed by atoms with Crippen LogP contribution in [0.1, 0.15) is 49.4 Å². The molecule has 1 N–H and O–H groups in total. The number of nitrogens with one attached hydrogen (secondary N) is 1. The number of carbonyl (C=O) groups is 1. The van der Waals surface area contributed by atoms with Crippen LogP contribution in [0, 0.1) is 5.92 Å². The van der Waals surface area contributed by atoms with Crippen molar-refractivity contribution in [3.05, 3.63) is 29.8 Å². The second kappa shape index (κ2) is 8.71. The number of amides is 1. The Bertz CT molecular complexity index is 746. The van der Waals surface area contributed by atoms with Crippen molar-refractivity contribution in [2.45, 2.75) is 50.0 Å².